The van der Waals surface area contributed by atoms with Gasteiger partial charge in [0.2, 0.25) is 12.7 Å². The van der Waals surface area contributed by atoms with Crippen LogP contribution < -0.4 is 0 Å². The van der Waals surface area contributed by atoms with Crippen molar-refractivity contribution in [2.24, 2.45) is 29.1 Å². The number of thioether (sulfide) groups is 1. The molecule has 8 rings (SSSR count). The number of ether oxygens (including phenoxy) is 2. The lowest BCUT2D eigenvalue weighted by atomic mass is 9.49. The predicted octanol–water partition coefficient (Wildman–Crippen LogP) is 4.09. The van der Waals surface area contributed by atoms with E-state index in [-0.39, 0.29) is 29.5 Å². The second-order valence-electron chi connectivity index (χ2n) is 12.2. The zero-order chi connectivity index (χ0) is 27.1. The molecule has 0 aromatic carbocycles. The van der Waals surface area contributed by atoms with Crippen LogP contribution in [-0.4, -0.2) is 62.4 Å². The molecule has 2 aromatic heterocycles. The maximum absolute atomic E-state index is 13.5. The highest BCUT2D eigenvalue weighted by Gasteiger charge is 2.57. The van der Waals surface area contributed by atoms with Crippen LogP contribution in [0.25, 0.3) is 10.4 Å². The third-order valence-corrected chi connectivity index (χ3v) is 11.6. The zero-order valence-electron chi connectivity index (χ0n) is 22.1. The first kappa shape index (κ1) is 25.6. The number of rotatable bonds is 8. The van der Waals surface area contributed by atoms with Crippen molar-refractivity contribution >= 4 is 51.3 Å². The van der Waals surface area contributed by atoms with Gasteiger partial charge in [-0.1, -0.05) is 0 Å². The Morgan fingerprint density at radius 1 is 1.21 bits per heavy atom. The summed E-state index contributed by atoms with van der Waals surface area (Å²) in [6, 6.07) is -0.196. The van der Waals surface area contributed by atoms with E-state index in [1.54, 1.807) is 25.0 Å². The summed E-state index contributed by atoms with van der Waals surface area (Å²) in [4.78, 5) is 47.6. The molecular weight excluding hydrogens is 538 g/mol. The lowest BCUT2D eigenvalue weighted by Crippen LogP contribution is -2.59. The molecule has 0 radical (unpaired) electrons. The number of fused-ring (bicyclic) bond motifs is 2. The molecule has 11 heteroatoms. The molecule has 208 valence electrons. The predicted molar refractivity (Wildman–Crippen MR) is 144 cm³/mol. The zero-order valence-corrected chi connectivity index (χ0v) is 23.8. The van der Waals surface area contributed by atoms with Crippen LogP contribution in [0, 0.1) is 29.1 Å². The Morgan fingerprint density at radius 3 is 2.54 bits per heavy atom. The van der Waals surface area contributed by atoms with Gasteiger partial charge in [0.1, 0.15) is 21.9 Å². The van der Waals surface area contributed by atoms with Gasteiger partial charge in [0.05, 0.1) is 28.4 Å². The average Bonchev–Trinajstić information content (AvgIpc) is 3.57. The van der Waals surface area contributed by atoms with E-state index < -0.39 is 24.3 Å². The van der Waals surface area contributed by atoms with Crippen molar-refractivity contribution in [3.63, 3.8) is 0 Å². The number of β-lactam (4-membered cyclic amide) rings is 1. The summed E-state index contributed by atoms with van der Waals surface area (Å²) in [5, 5.41) is 10.8. The van der Waals surface area contributed by atoms with Gasteiger partial charge in [0.25, 0.3) is 0 Å². The lowest BCUT2D eigenvalue weighted by Gasteiger charge is -2.55. The van der Waals surface area contributed by atoms with Crippen molar-refractivity contribution in [2.75, 3.05) is 13.0 Å². The number of carbonyl (C=O) groups excluding carboxylic acids is 3. The van der Waals surface area contributed by atoms with Crippen molar-refractivity contribution in [3.8, 4) is 0 Å². The number of esters is 2. The van der Waals surface area contributed by atoms with Gasteiger partial charge in [-0.05, 0) is 82.3 Å². The molecule has 4 bridgehead atoms. The minimum absolute atomic E-state index is 0.178. The highest BCUT2D eigenvalue weighted by Crippen LogP contribution is 2.60. The van der Waals surface area contributed by atoms with E-state index in [0.717, 1.165) is 39.6 Å². The average molecular weight is 572 g/mol. The fourth-order valence-electron chi connectivity index (χ4n) is 8.41. The van der Waals surface area contributed by atoms with Crippen LogP contribution in [0.3, 0.4) is 0 Å². The summed E-state index contributed by atoms with van der Waals surface area (Å²) < 4.78 is 13.0. The molecule has 0 spiro atoms. The number of nitrogens with zero attached hydrogens (tertiary/aromatic N) is 3. The summed E-state index contributed by atoms with van der Waals surface area (Å²) in [5.74, 6) is 0.421. The molecule has 4 saturated carbocycles. The number of aromatic nitrogens is 2. The van der Waals surface area contributed by atoms with E-state index in [0.29, 0.717) is 30.6 Å². The molecule has 0 unspecified atom stereocenters. The number of carbonyl (C=O) groups is 3. The maximum atomic E-state index is 13.5. The van der Waals surface area contributed by atoms with Gasteiger partial charge in [-0.2, -0.15) is 0 Å². The first-order valence-electron chi connectivity index (χ1n) is 13.9. The minimum atomic E-state index is -0.657. The monoisotopic (exact) mass is 571 g/mol. The first-order chi connectivity index (χ1) is 18.8. The third-order valence-electron chi connectivity index (χ3n) is 9.60. The Hall–Kier alpha value is -2.37. The molecule has 4 aliphatic carbocycles. The normalized spacial score (nSPS) is 33.5. The molecular formula is C28H33N3O6S2. The maximum Gasteiger partial charge on any atom is 0.358 e. The van der Waals surface area contributed by atoms with E-state index in [4.69, 9.17) is 9.47 Å². The van der Waals surface area contributed by atoms with Crippen molar-refractivity contribution in [1.29, 1.82) is 0 Å². The molecule has 1 amide bonds. The van der Waals surface area contributed by atoms with Gasteiger partial charge < -0.3 is 19.5 Å². The van der Waals surface area contributed by atoms with E-state index in [2.05, 4.69) is 4.98 Å². The van der Waals surface area contributed by atoms with Gasteiger partial charge >= 0.3 is 11.9 Å². The van der Waals surface area contributed by atoms with Crippen LogP contribution in [0.4, 0.5) is 0 Å². The molecule has 4 heterocycles. The third kappa shape index (κ3) is 4.06. The van der Waals surface area contributed by atoms with Gasteiger partial charge in [0.15, 0.2) is 0 Å². The Bertz CT molecular complexity index is 1360. The fraction of sp³-hybridized carbons (Fsp3) is 0.643. The Morgan fingerprint density at radius 2 is 1.90 bits per heavy atom. The largest absolute Gasteiger partial charge is 0.427 e. The summed E-state index contributed by atoms with van der Waals surface area (Å²) in [7, 11) is 0. The molecule has 3 atom stereocenters. The molecule has 9 nitrogen and oxygen atoms in total. The second kappa shape index (κ2) is 9.34. The molecule has 2 aliphatic heterocycles. The number of aliphatic hydroxyl groups is 1. The van der Waals surface area contributed by atoms with Crippen molar-refractivity contribution in [3.05, 3.63) is 23.1 Å². The number of amides is 1. The minimum Gasteiger partial charge on any atom is -0.427 e. The standard InChI is InChI=1S/C28H33N3O6S2/c1-14(32)3-18-20-7-19(21-11-30-12-29-23(38-2)25(30)39-21)22(31(20)24(18)33)26(34)36-13-37-27(35)28-8-15-4-16(9-28)6-17(5-15)10-28/h11-12,14-18,20,32H,3-10,13H2,1-2H3/t14-,15?,16?,17?,18+,20-,28?/m1/s1. The molecule has 39 heavy (non-hydrogen) atoms. The lowest BCUT2D eigenvalue weighted by molar-refractivity contribution is -0.186. The van der Waals surface area contributed by atoms with Crippen LogP contribution in [0.15, 0.2) is 23.2 Å². The van der Waals surface area contributed by atoms with Crippen molar-refractivity contribution < 1.29 is 29.0 Å². The summed E-state index contributed by atoms with van der Waals surface area (Å²) in [5.41, 5.74) is 0.550. The number of aliphatic hydroxyl groups excluding tert-OH is 1. The molecule has 5 fully saturated rings. The van der Waals surface area contributed by atoms with Crippen LogP contribution in [0.2, 0.25) is 0 Å². The topological polar surface area (TPSA) is 110 Å². The first-order valence-corrected chi connectivity index (χ1v) is 15.9. The van der Waals surface area contributed by atoms with Crippen LogP contribution in [-0.2, 0) is 23.9 Å². The summed E-state index contributed by atoms with van der Waals surface area (Å²) in [6.45, 7) is 1.22. The van der Waals surface area contributed by atoms with Crippen molar-refractivity contribution in [1.82, 2.24) is 14.3 Å². The van der Waals surface area contributed by atoms with Gasteiger partial charge in [-0.15, -0.1) is 23.1 Å². The number of hydrogen-bond donors (Lipinski definition) is 1. The van der Waals surface area contributed by atoms with Crippen molar-refractivity contribution in [2.45, 2.75) is 75.5 Å². The number of imidazole rings is 1. The molecule has 2 aromatic rings. The molecule has 1 saturated heterocycles. The van der Waals surface area contributed by atoms with E-state index in [1.807, 2.05) is 16.9 Å². The number of thiazole rings is 1. The second-order valence-corrected chi connectivity index (χ2v) is 14.1. The molecule has 6 aliphatic rings. The van der Waals surface area contributed by atoms with Gasteiger partial charge in [-0.25, -0.2) is 9.78 Å². The Labute approximate surface area is 234 Å². The highest BCUT2D eigenvalue weighted by molar-refractivity contribution is 7.98. The number of hydrogen-bond acceptors (Lipinski definition) is 9. The van der Waals surface area contributed by atoms with Crippen LogP contribution in [0.5, 0.6) is 0 Å². The van der Waals surface area contributed by atoms with E-state index in [1.165, 1.54) is 35.5 Å². The van der Waals surface area contributed by atoms with E-state index >= 15 is 0 Å². The van der Waals surface area contributed by atoms with Gasteiger partial charge in [-0.3, -0.25) is 14.0 Å². The Balaban J connectivity index is 1.10. The van der Waals surface area contributed by atoms with E-state index in [9.17, 15) is 19.5 Å². The fourth-order valence-corrected chi connectivity index (χ4v) is 10.2. The smallest absolute Gasteiger partial charge is 0.358 e. The van der Waals surface area contributed by atoms with Gasteiger partial charge in [0, 0.05) is 11.8 Å². The SMILES string of the molecule is CSc1ncn2cc(C3=C(C(=O)OCOC(=O)C45CC6CC(CC(C6)C4)C5)N4C(=O)[C@@H](C[C@@H](C)O)[C@H]4C3)sc12. The van der Waals surface area contributed by atoms with Crippen LogP contribution >= 0.6 is 23.1 Å². The summed E-state index contributed by atoms with van der Waals surface area (Å²) >= 11 is 3.08. The Kier molecular flexibility index (Phi) is 6.13. The molecule has 1 N–H and O–H groups in total. The quantitative estimate of drug-likeness (QED) is 0.218. The van der Waals surface area contributed by atoms with Crippen LogP contribution in [0.1, 0.15) is 63.2 Å². The summed E-state index contributed by atoms with van der Waals surface area (Å²) in [6.07, 6.45) is 12.2. The highest BCUT2D eigenvalue weighted by atomic mass is 32.2.